The molecule has 1 aliphatic rings. The van der Waals surface area contributed by atoms with Crippen LogP contribution in [0, 0.1) is 0 Å². The Labute approximate surface area is 97.5 Å². The van der Waals surface area contributed by atoms with Gasteiger partial charge in [0, 0.05) is 0 Å². The van der Waals surface area contributed by atoms with Gasteiger partial charge in [0.25, 0.3) is 20.4 Å². The molecule has 1 aliphatic carbocycles. The van der Waals surface area contributed by atoms with E-state index in [1.165, 1.54) is 6.26 Å². The van der Waals surface area contributed by atoms with Crippen LogP contribution < -0.4 is 0 Å². The van der Waals surface area contributed by atoms with E-state index in [1.54, 1.807) is 0 Å². The molecule has 0 atom stereocenters. The summed E-state index contributed by atoms with van der Waals surface area (Å²) in [5.41, 5.74) is 0. The van der Waals surface area contributed by atoms with E-state index in [4.69, 9.17) is 19.1 Å². The van der Waals surface area contributed by atoms with E-state index in [1.807, 2.05) is 12.2 Å². The van der Waals surface area contributed by atoms with Gasteiger partial charge in [0.1, 0.15) is 0 Å². The zero-order valence-corrected chi connectivity index (χ0v) is 8.84. The first-order valence-electron chi connectivity index (χ1n) is 3.28. The smallest absolute Gasteiger partial charge is 0.281 e. The molecule has 0 fully saturated rings. The Balaban J connectivity index is -0.000000208. The maximum Gasteiger partial charge on any atom is 0.281 e. The molecule has 0 aromatic carbocycles. The Morgan fingerprint density at radius 2 is 1.73 bits per heavy atom. The van der Waals surface area contributed by atoms with E-state index in [0.717, 1.165) is 16.7 Å². The molecule has 0 amide bonds. The fourth-order valence-electron chi connectivity index (χ4n) is 0.653. The van der Waals surface area contributed by atoms with Gasteiger partial charge in [0.2, 0.25) is 0 Å². The van der Waals surface area contributed by atoms with Crippen LogP contribution in [0.1, 0.15) is 6.42 Å². The van der Waals surface area contributed by atoms with Crippen LogP contribution in [0.25, 0.3) is 0 Å². The van der Waals surface area contributed by atoms with Crippen molar-refractivity contribution in [2.24, 2.45) is 0 Å². The molecule has 78 valence electrons. The number of rotatable bonds is 2. The van der Waals surface area contributed by atoms with Crippen LogP contribution in [0.4, 0.5) is 0 Å². The number of hydrogen-bond donors (Lipinski definition) is 0. The Morgan fingerprint density at radius 3 is 2.00 bits per heavy atom. The van der Waals surface area contributed by atoms with Crippen molar-refractivity contribution in [1.82, 2.24) is 0 Å². The van der Waals surface area contributed by atoms with E-state index in [-0.39, 0.29) is 0 Å². The van der Waals surface area contributed by atoms with Gasteiger partial charge in [-0.15, -0.1) is 0 Å². The minimum atomic E-state index is 0.866. The van der Waals surface area contributed by atoms with Crippen molar-refractivity contribution in [2.75, 3.05) is 0 Å². The summed E-state index contributed by atoms with van der Waals surface area (Å²) in [5, 5.41) is 0. The minimum Gasteiger partial charge on any atom is -0.281 e. The first kappa shape index (κ1) is 19.2. The van der Waals surface area contributed by atoms with Crippen molar-refractivity contribution in [3.05, 3.63) is 35.2 Å². The van der Waals surface area contributed by atoms with Crippen molar-refractivity contribution in [3.63, 3.8) is 0 Å². The largest absolute Gasteiger partial charge is 0.281 e. The molecule has 4 nitrogen and oxygen atoms in total. The topological polar surface area (TPSA) is 60.4 Å². The van der Waals surface area contributed by atoms with Crippen LogP contribution >= 0.6 is 0 Å². The molecular weight excluding hydrogens is 239 g/mol. The minimum absolute atomic E-state index is 0.866. The fraction of sp³-hybridized carbons (Fsp3) is 0.100. The summed E-state index contributed by atoms with van der Waals surface area (Å²) in [7, 11) is 0. The van der Waals surface area contributed by atoms with E-state index in [2.05, 4.69) is 43.0 Å². The zero-order valence-electron chi connectivity index (χ0n) is 7.66. The van der Waals surface area contributed by atoms with Crippen LogP contribution in [0.15, 0.2) is 35.2 Å². The molecule has 0 bridgehead atoms. The van der Waals surface area contributed by atoms with Crippen molar-refractivity contribution in [1.29, 1.82) is 0 Å². The van der Waals surface area contributed by atoms with E-state index in [0.29, 0.717) is 0 Å². The molecule has 0 spiro atoms. The van der Waals surface area contributed by atoms with Crippen molar-refractivity contribution in [3.8, 4) is 0 Å². The van der Waals surface area contributed by atoms with Gasteiger partial charge in [-0.05, 0) is 0 Å². The van der Waals surface area contributed by atoms with Crippen LogP contribution in [0.3, 0.4) is 0 Å². The van der Waals surface area contributed by atoms with Gasteiger partial charge >= 0.3 is 62.4 Å². The summed E-state index contributed by atoms with van der Waals surface area (Å²) in [5.74, 6) is 0.866. The second kappa shape index (κ2) is 18.4. The van der Waals surface area contributed by atoms with Gasteiger partial charge in [0.15, 0.2) is 0 Å². The van der Waals surface area contributed by atoms with Gasteiger partial charge in [0.05, 0.1) is 0 Å². The van der Waals surface area contributed by atoms with Gasteiger partial charge in [-0.3, -0.25) is 14.4 Å². The van der Waals surface area contributed by atoms with Gasteiger partial charge in [-0.2, -0.15) is 0 Å². The number of hydrogen-bond acceptors (Lipinski definition) is 4. The molecule has 0 aromatic heterocycles. The zero-order chi connectivity index (χ0) is 12.7. The maximum absolute atomic E-state index is 7.50. The second-order valence-corrected chi connectivity index (χ2v) is 2.37. The molecule has 0 aromatic rings. The fourth-order valence-corrected chi connectivity index (χ4v) is 0.960. The van der Waals surface area contributed by atoms with Crippen molar-refractivity contribution in [2.45, 2.75) is 6.42 Å². The van der Waals surface area contributed by atoms with Gasteiger partial charge in [-0.25, -0.2) is 0 Å². The SMILES string of the molecule is C=COC1=[C]([Mn])CC=C1.[C]=O.[C]=O.[C]=O. The molecule has 6 radical (unpaired) electrons. The number of carbonyl (C=O) groups excluding carboxylic acids is 3. The third-order valence-electron chi connectivity index (χ3n) is 1.04. The Bertz CT molecular complexity index is 219. The first-order chi connectivity index (χ1) is 7.34. The summed E-state index contributed by atoms with van der Waals surface area (Å²) < 4.78 is 6.11. The van der Waals surface area contributed by atoms with Crippen molar-refractivity contribution >= 4 is 20.4 Å². The normalized spacial score (nSPS) is 10.7. The van der Waals surface area contributed by atoms with E-state index < -0.39 is 0 Å². The molecular formula is C10H7MnO4. The summed E-state index contributed by atoms with van der Waals surface area (Å²) in [4.78, 5) is 22.5. The first-order valence-corrected chi connectivity index (χ1v) is 3.87. The van der Waals surface area contributed by atoms with Gasteiger partial charge < -0.3 is 0 Å². The monoisotopic (exact) mass is 246 g/mol. The molecule has 5 heteroatoms. The summed E-state index contributed by atoms with van der Waals surface area (Å²) in [6.45, 7) is 16.9. The Morgan fingerprint density at radius 1 is 1.27 bits per heavy atom. The maximum atomic E-state index is 7.50. The van der Waals surface area contributed by atoms with Crippen LogP contribution in [-0.4, -0.2) is 20.4 Å². The summed E-state index contributed by atoms with van der Waals surface area (Å²) in [6, 6.07) is 0. The Hall–Kier alpha value is -1.45. The van der Waals surface area contributed by atoms with Gasteiger partial charge in [-0.1, -0.05) is 0 Å². The third kappa shape index (κ3) is 10.5. The van der Waals surface area contributed by atoms with Crippen LogP contribution in [-0.2, 0) is 35.1 Å². The molecule has 0 N–H and O–H groups in total. The second-order valence-electron chi connectivity index (χ2n) is 1.66. The molecule has 0 aliphatic heterocycles. The summed E-state index contributed by atoms with van der Waals surface area (Å²) >= 11 is 3.35. The van der Waals surface area contributed by atoms with Crippen molar-refractivity contribution < 1.29 is 35.1 Å². The number of allylic oxidation sites excluding steroid dienone is 3. The van der Waals surface area contributed by atoms with E-state index in [9.17, 15) is 0 Å². The average Bonchev–Trinajstić information content (AvgIpc) is 2.74. The predicted molar refractivity (Wildman–Crippen MR) is 49.1 cm³/mol. The molecule has 0 saturated heterocycles. The average molecular weight is 246 g/mol. The molecule has 0 saturated carbocycles. The Kier molecular flexibility index (Phi) is 23.5. The third-order valence-corrected chi connectivity index (χ3v) is 1.58. The molecule has 1 rings (SSSR count). The van der Waals surface area contributed by atoms with Crippen LogP contribution in [0.2, 0.25) is 0 Å². The molecule has 15 heavy (non-hydrogen) atoms. The summed E-state index contributed by atoms with van der Waals surface area (Å²) in [6.07, 6.45) is 6.31. The molecule has 0 unspecified atom stereocenters. The van der Waals surface area contributed by atoms with Crippen LogP contribution in [0.5, 0.6) is 0 Å². The quantitative estimate of drug-likeness (QED) is 0.530. The predicted octanol–water partition coefficient (Wildman–Crippen LogP) is 0.673. The molecule has 0 heterocycles. The number of ether oxygens (including phenoxy) is 1. The van der Waals surface area contributed by atoms with E-state index >= 15 is 0 Å². The standard InChI is InChI=1S/C7H7O.3CO.Mn/c1-2-8-7-5-3-4-6-7;3*1-2;/h2-3,5H,1,4H2;;;;.